The van der Waals surface area contributed by atoms with Gasteiger partial charge in [-0.3, -0.25) is 9.59 Å². The van der Waals surface area contributed by atoms with Crippen molar-refractivity contribution in [2.75, 3.05) is 40.4 Å². The summed E-state index contributed by atoms with van der Waals surface area (Å²) in [5.41, 5.74) is 1.18. The summed E-state index contributed by atoms with van der Waals surface area (Å²) < 4.78 is 10.6. The number of thiazole rings is 1. The zero-order valence-electron chi connectivity index (χ0n) is 18.4. The standard InChI is InChI=1S/C22H29N3O4S/c1-14-18(30-21(23-14)22(2,3)4)20(27)25-11-9-24(10-12-25)19(26)16-8-7-15(28-5)13-17(16)29-6/h7-8,13H,9-12H2,1-6H3. The number of hydrogen-bond donors (Lipinski definition) is 0. The third-order valence-electron chi connectivity index (χ3n) is 5.13. The average molecular weight is 432 g/mol. The Kier molecular flexibility index (Phi) is 6.36. The van der Waals surface area contributed by atoms with E-state index in [1.165, 1.54) is 18.4 Å². The van der Waals surface area contributed by atoms with Crippen molar-refractivity contribution in [1.29, 1.82) is 0 Å². The van der Waals surface area contributed by atoms with Crippen molar-refractivity contribution in [3.8, 4) is 11.5 Å². The first kappa shape index (κ1) is 22.1. The molecule has 1 aromatic carbocycles. The minimum Gasteiger partial charge on any atom is -0.497 e. The lowest BCUT2D eigenvalue weighted by Crippen LogP contribution is -2.50. The number of amides is 2. The molecule has 1 aliphatic heterocycles. The quantitative estimate of drug-likeness (QED) is 0.742. The molecule has 162 valence electrons. The van der Waals surface area contributed by atoms with Gasteiger partial charge in [-0.1, -0.05) is 20.8 Å². The number of aryl methyl sites for hydroxylation is 1. The van der Waals surface area contributed by atoms with Gasteiger partial charge in [-0.25, -0.2) is 4.98 Å². The first-order valence-electron chi connectivity index (χ1n) is 9.94. The highest BCUT2D eigenvalue weighted by molar-refractivity contribution is 7.14. The number of carbonyl (C=O) groups excluding carboxylic acids is 2. The van der Waals surface area contributed by atoms with E-state index in [1.54, 1.807) is 30.2 Å². The van der Waals surface area contributed by atoms with E-state index in [-0.39, 0.29) is 17.2 Å². The van der Waals surface area contributed by atoms with Gasteiger partial charge in [-0.2, -0.15) is 0 Å². The van der Waals surface area contributed by atoms with E-state index in [0.717, 1.165) is 10.7 Å². The monoisotopic (exact) mass is 431 g/mol. The van der Waals surface area contributed by atoms with Crippen LogP contribution >= 0.6 is 11.3 Å². The van der Waals surface area contributed by atoms with Gasteiger partial charge in [0.05, 0.1) is 30.5 Å². The van der Waals surface area contributed by atoms with Crippen molar-refractivity contribution >= 4 is 23.2 Å². The molecule has 2 heterocycles. The van der Waals surface area contributed by atoms with Gasteiger partial charge in [0, 0.05) is 37.7 Å². The molecule has 30 heavy (non-hydrogen) atoms. The molecule has 0 bridgehead atoms. The molecule has 1 aliphatic rings. The molecular formula is C22H29N3O4S. The lowest BCUT2D eigenvalue weighted by atomic mass is 9.98. The highest BCUT2D eigenvalue weighted by Gasteiger charge is 2.30. The van der Waals surface area contributed by atoms with Crippen molar-refractivity contribution < 1.29 is 19.1 Å². The van der Waals surface area contributed by atoms with E-state index in [0.29, 0.717) is 48.1 Å². The molecule has 2 aromatic rings. The molecule has 0 N–H and O–H groups in total. The summed E-state index contributed by atoms with van der Waals surface area (Å²) in [7, 11) is 3.10. The van der Waals surface area contributed by atoms with Crippen molar-refractivity contribution in [1.82, 2.24) is 14.8 Å². The molecule has 0 unspecified atom stereocenters. The Morgan fingerprint density at radius 1 is 1.00 bits per heavy atom. The number of rotatable bonds is 4. The predicted molar refractivity (Wildman–Crippen MR) is 117 cm³/mol. The van der Waals surface area contributed by atoms with Gasteiger partial charge in [0.2, 0.25) is 0 Å². The van der Waals surface area contributed by atoms with Gasteiger partial charge in [0.25, 0.3) is 11.8 Å². The Bertz CT molecular complexity index is 940. The van der Waals surface area contributed by atoms with Crippen LogP contribution < -0.4 is 9.47 Å². The number of methoxy groups -OCH3 is 2. The number of hydrogen-bond acceptors (Lipinski definition) is 6. The second-order valence-electron chi connectivity index (χ2n) is 8.33. The first-order chi connectivity index (χ1) is 14.2. The summed E-state index contributed by atoms with van der Waals surface area (Å²) in [6, 6.07) is 5.16. The fourth-order valence-electron chi connectivity index (χ4n) is 3.32. The Morgan fingerprint density at radius 2 is 1.60 bits per heavy atom. The molecule has 0 radical (unpaired) electrons. The second-order valence-corrected chi connectivity index (χ2v) is 9.33. The minimum absolute atomic E-state index is 0.00497. The van der Waals surface area contributed by atoms with Gasteiger partial charge in [0.15, 0.2) is 0 Å². The van der Waals surface area contributed by atoms with Crippen LogP contribution in [0, 0.1) is 6.92 Å². The molecule has 3 rings (SSSR count). The summed E-state index contributed by atoms with van der Waals surface area (Å²) in [5.74, 6) is 1.00. The molecule has 8 heteroatoms. The summed E-state index contributed by atoms with van der Waals surface area (Å²) >= 11 is 1.47. The van der Waals surface area contributed by atoms with E-state index < -0.39 is 0 Å². The van der Waals surface area contributed by atoms with Crippen molar-refractivity contribution in [3.63, 3.8) is 0 Å². The number of aromatic nitrogens is 1. The average Bonchev–Trinajstić information content (AvgIpc) is 3.14. The van der Waals surface area contributed by atoms with Gasteiger partial charge in [-0.15, -0.1) is 11.3 Å². The maximum atomic E-state index is 13.0. The molecule has 1 aromatic heterocycles. The largest absolute Gasteiger partial charge is 0.497 e. The molecular weight excluding hydrogens is 402 g/mol. The molecule has 0 spiro atoms. The van der Waals surface area contributed by atoms with Crippen LogP contribution in [0.4, 0.5) is 0 Å². The smallest absolute Gasteiger partial charge is 0.265 e. The summed E-state index contributed by atoms with van der Waals surface area (Å²) in [6.07, 6.45) is 0. The van der Waals surface area contributed by atoms with E-state index in [4.69, 9.17) is 9.47 Å². The van der Waals surface area contributed by atoms with E-state index in [1.807, 2.05) is 11.8 Å². The topological polar surface area (TPSA) is 72.0 Å². The molecule has 0 aliphatic carbocycles. The van der Waals surface area contributed by atoms with Crippen LogP contribution in [0.15, 0.2) is 18.2 Å². The third kappa shape index (κ3) is 4.43. The van der Waals surface area contributed by atoms with Crippen LogP contribution in [0.3, 0.4) is 0 Å². The van der Waals surface area contributed by atoms with Crippen LogP contribution in [-0.2, 0) is 5.41 Å². The van der Waals surface area contributed by atoms with Gasteiger partial charge in [-0.05, 0) is 19.1 Å². The number of piperazine rings is 1. The summed E-state index contributed by atoms with van der Waals surface area (Å²) in [4.78, 5) is 34.9. The highest BCUT2D eigenvalue weighted by Crippen LogP contribution is 2.30. The van der Waals surface area contributed by atoms with E-state index >= 15 is 0 Å². The van der Waals surface area contributed by atoms with Crippen molar-refractivity contribution in [2.45, 2.75) is 33.1 Å². The van der Waals surface area contributed by atoms with Crippen LogP contribution in [-0.4, -0.2) is 67.0 Å². The summed E-state index contributed by atoms with van der Waals surface area (Å²) in [5, 5.41) is 0.962. The highest BCUT2D eigenvalue weighted by atomic mass is 32.1. The number of benzene rings is 1. The number of ether oxygens (including phenoxy) is 2. The predicted octanol–water partition coefficient (Wildman–Crippen LogP) is 3.36. The van der Waals surface area contributed by atoms with Gasteiger partial charge >= 0.3 is 0 Å². The van der Waals surface area contributed by atoms with Crippen molar-refractivity contribution in [2.24, 2.45) is 0 Å². The van der Waals surface area contributed by atoms with Crippen molar-refractivity contribution in [3.05, 3.63) is 39.3 Å². The third-order valence-corrected chi connectivity index (χ3v) is 6.70. The fourth-order valence-corrected chi connectivity index (χ4v) is 4.41. The maximum absolute atomic E-state index is 13.0. The fraction of sp³-hybridized carbons (Fsp3) is 0.500. The zero-order chi connectivity index (χ0) is 22.1. The SMILES string of the molecule is COc1ccc(C(=O)N2CCN(C(=O)c3sc(C(C)(C)C)nc3C)CC2)c(OC)c1. The normalized spacial score (nSPS) is 14.6. The van der Waals surface area contributed by atoms with Crippen LogP contribution in [0.25, 0.3) is 0 Å². The molecule has 0 saturated carbocycles. The molecule has 7 nitrogen and oxygen atoms in total. The Labute approximate surface area is 181 Å². The van der Waals surface area contributed by atoms with Gasteiger partial charge < -0.3 is 19.3 Å². The lowest BCUT2D eigenvalue weighted by molar-refractivity contribution is 0.0535. The van der Waals surface area contributed by atoms with Crippen LogP contribution in [0.5, 0.6) is 11.5 Å². The maximum Gasteiger partial charge on any atom is 0.265 e. The van der Waals surface area contributed by atoms with Gasteiger partial charge in [0.1, 0.15) is 16.4 Å². The summed E-state index contributed by atoms with van der Waals surface area (Å²) in [6.45, 7) is 10.1. The Hall–Kier alpha value is -2.61. The number of nitrogens with zero attached hydrogens (tertiary/aromatic N) is 3. The number of carbonyl (C=O) groups is 2. The van der Waals surface area contributed by atoms with Crippen LogP contribution in [0.2, 0.25) is 0 Å². The molecule has 0 atom stereocenters. The first-order valence-corrected chi connectivity index (χ1v) is 10.8. The van der Waals surface area contributed by atoms with E-state index in [2.05, 4.69) is 25.8 Å². The second kappa shape index (κ2) is 8.63. The van der Waals surface area contributed by atoms with Crippen LogP contribution in [0.1, 0.15) is 51.5 Å². The Balaban J connectivity index is 1.68. The minimum atomic E-state index is -0.106. The zero-order valence-corrected chi connectivity index (χ0v) is 19.3. The molecule has 2 amide bonds. The molecule has 1 fully saturated rings. The van der Waals surface area contributed by atoms with E-state index in [9.17, 15) is 9.59 Å². The Morgan fingerprint density at radius 3 is 2.10 bits per heavy atom. The lowest BCUT2D eigenvalue weighted by Gasteiger charge is -2.34. The molecule has 1 saturated heterocycles.